The molecule has 1 heterocycles. The number of carboxylic acid groups (broad SMARTS) is 1. The minimum absolute atomic E-state index is 0.162. The highest BCUT2D eigenvalue weighted by Crippen LogP contribution is 2.32. The van der Waals surface area contributed by atoms with Gasteiger partial charge in [0.05, 0.1) is 6.20 Å². The van der Waals surface area contributed by atoms with E-state index >= 15 is 0 Å². The van der Waals surface area contributed by atoms with Gasteiger partial charge in [0.1, 0.15) is 5.56 Å². The van der Waals surface area contributed by atoms with Gasteiger partial charge in [-0.1, -0.05) is 13.8 Å². The van der Waals surface area contributed by atoms with Crippen LogP contribution in [-0.4, -0.2) is 35.7 Å². The van der Waals surface area contributed by atoms with E-state index in [9.17, 15) is 13.2 Å². The smallest absolute Gasteiger partial charge is 0.340 e. The monoisotopic (exact) mass is 287 g/mol. The summed E-state index contributed by atoms with van der Waals surface area (Å²) in [7, 11) is -3.88. The van der Waals surface area contributed by atoms with E-state index in [2.05, 4.69) is 21.8 Å². The first-order valence-corrected chi connectivity index (χ1v) is 7.60. The average Bonchev–Trinajstić information content (AvgIpc) is 2.91. The van der Waals surface area contributed by atoms with Crippen LogP contribution in [0.2, 0.25) is 0 Å². The van der Waals surface area contributed by atoms with E-state index in [0.717, 1.165) is 19.0 Å². The van der Waals surface area contributed by atoms with Gasteiger partial charge in [0, 0.05) is 6.04 Å². The molecule has 8 heteroatoms. The SMILES string of the molecule is CC1CCC(NS(=O)(=O)c2[nH]ncc2C(=O)O)C1C. The van der Waals surface area contributed by atoms with Gasteiger partial charge >= 0.3 is 5.97 Å². The van der Waals surface area contributed by atoms with Gasteiger partial charge in [0.2, 0.25) is 0 Å². The second-order valence-electron chi connectivity index (χ2n) is 5.06. The molecule has 3 unspecified atom stereocenters. The summed E-state index contributed by atoms with van der Waals surface area (Å²) in [5, 5.41) is 14.3. The van der Waals surface area contributed by atoms with E-state index in [1.54, 1.807) is 0 Å². The molecule has 1 aliphatic carbocycles. The van der Waals surface area contributed by atoms with Crippen molar-refractivity contribution in [2.45, 2.75) is 37.8 Å². The van der Waals surface area contributed by atoms with Crippen LogP contribution in [0, 0.1) is 11.8 Å². The number of carboxylic acids is 1. The third-order valence-electron chi connectivity index (χ3n) is 3.88. The number of rotatable bonds is 4. The van der Waals surface area contributed by atoms with Crippen LogP contribution in [0.1, 0.15) is 37.0 Å². The Morgan fingerprint density at radius 3 is 2.68 bits per heavy atom. The van der Waals surface area contributed by atoms with Gasteiger partial charge in [-0.2, -0.15) is 5.10 Å². The van der Waals surface area contributed by atoms with Gasteiger partial charge in [-0.25, -0.2) is 17.9 Å². The van der Waals surface area contributed by atoms with Crippen molar-refractivity contribution >= 4 is 16.0 Å². The quantitative estimate of drug-likeness (QED) is 0.759. The number of H-pyrrole nitrogens is 1. The van der Waals surface area contributed by atoms with E-state index < -0.39 is 16.0 Å². The molecule has 3 atom stereocenters. The van der Waals surface area contributed by atoms with Crippen LogP contribution in [0.3, 0.4) is 0 Å². The zero-order chi connectivity index (χ0) is 14.2. The average molecular weight is 287 g/mol. The highest BCUT2D eigenvalue weighted by atomic mass is 32.2. The van der Waals surface area contributed by atoms with Gasteiger partial charge in [-0.05, 0) is 24.7 Å². The normalized spacial score (nSPS) is 27.6. The maximum atomic E-state index is 12.2. The Hall–Kier alpha value is -1.41. The number of hydrogen-bond donors (Lipinski definition) is 3. The predicted octanol–water partition coefficient (Wildman–Crippen LogP) is 0.821. The van der Waals surface area contributed by atoms with Crippen LogP contribution >= 0.6 is 0 Å². The zero-order valence-electron chi connectivity index (χ0n) is 10.8. The summed E-state index contributed by atoms with van der Waals surface area (Å²) in [5.41, 5.74) is -0.341. The first-order chi connectivity index (χ1) is 8.83. The van der Waals surface area contributed by atoms with Crippen molar-refractivity contribution in [1.29, 1.82) is 0 Å². The van der Waals surface area contributed by atoms with E-state index in [1.165, 1.54) is 0 Å². The molecule has 0 aromatic carbocycles. The Morgan fingerprint density at radius 2 is 2.16 bits per heavy atom. The van der Waals surface area contributed by atoms with E-state index in [0.29, 0.717) is 5.92 Å². The van der Waals surface area contributed by atoms with Gasteiger partial charge < -0.3 is 5.11 Å². The largest absolute Gasteiger partial charge is 0.478 e. The molecule has 1 aromatic rings. The van der Waals surface area contributed by atoms with Gasteiger partial charge in [0.15, 0.2) is 5.03 Å². The summed E-state index contributed by atoms with van der Waals surface area (Å²) in [6, 6.07) is -0.162. The molecule has 0 aliphatic heterocycles. The molecular formula is C11H17N3O4S. The summed E-state index contributed by atoms with van der Waals surface area (Å²) < 4.78 is 26.9. The molecule has 0 saturated heterocycles. The molecule has 1 saturated carbocycles. The highest BCUT2D eigenvalue weighted by molar-refractivity contribution is 7.89. The van der Waals surface area contributed by atoms with E-state index in [-0.39, 0.29) is 22.5 Å². The minimum Gasteiger partial charge on any atom is -0.478 e. The van der Waals surface area contributed by atoms with Crippen molar-refractivity contribution in [3.63, 3.8) is 0 Å². The summed E-state index contributed by atoms with van der Waals surface area (Å²) in [6.45, 7) is 4.08. The van der Waals surface area contributed by atoms with Crippen molar-refractivity contribution in [1.82, 2.24) is 14.9 Å². The van der Waals surface area contributed by atoms with Crippen molar-refractivity contribution in [2.24, 2.45) is 11.8 Å². The lowest BCUT2D eigenvalue weighted by Gasteiger charge is -2.19. The Labute approximate surface area is 111 Å². The van der Waals surface area contributed by atoms with Gasteiger partial charge in [-0.15, -0.1) is 0 Å². The molecule has 3 N–H and O–H groups in total. The fourth-order valence-corrected chi connectivity index (χ4v) is 3.87. The van der Waals surface area contributed by atoms with Crippen molar-refractivity contribution < 1.29 is 18.3 Å². The second kappa shape index (κ2) is 4.93. The van der Waals surface area contributed by atoms with E-state index in [1.807, 2.05) is 6.92 Å². The van der Waals surface area contributed by atoms with Crippen molar-refractivity contribution in [3.8, 4) is 0 Å². The standard InChI is InChI=1S/C11H17N3O4S/c1-6-3-4-9(7(6)2)14-19(17,18)10-8(11(15)16)5-12-13-10/h5-7,9,14H,3-4H2,1-2H3,(H,12,13)(H,15,16). The number of carbonyl (C=O) groups is 1. The number of sulfonamides is 1. The Morgan fingerprint density at radius 1 is 1.47 bits per heavy atom. The zero-order valence-corrected chi connectivity index (χ0v) is 11.6. The maximum Gasteiger partial charge on any atom is 0.340 e. The molecule has 7 nitrogen and oxygen atoms in total. The minimum atomic E-state index is -3.88. The van der Waals surface area contributed by atoms with E-state index in [4.69, 9.17) is 5.11 Å². The third-order valence-corrected chi connectivity index (χ3v) is 5.34. The third kappa shape index (κ3) is 2.64. The lowest BCUT2D eigenvalue weighted by Crippen LogP contribution is -2.38. The number of aromatic nitrogens is 2. The molecule has 0 amide bonds. The highest BCUT2D eigenvalue weighted by Gasteiger charge is 2.35. The molecule has 0 spiro atoms. The summed E-state index contributed by atoms with van der Waals surface area (Å²) in [4.78, 5) is 10.9. The van der Waals surface area contributed by atoms with Crippen LogP contribution in [0.25, 0.3) is 0 Å². The van der Waals surface area contributed by atoms with Crippen molar-refractivity contribution in [3.05, 3.63) is 11.8 Å². The molecule has 0 radical (unpaired) electrons. The number of nitrogens with one attached hydrogen (secondary N) is 2. The maximum absolute atomic E-state index is 12.2. The number of aromatic carboxylic acids is 1. The molecule has 1 aliphatic rings. The Bertz CT molecular complexity index is 581. The number of aromatic amines is 1. The number of nitrogens with zero attached hydrogens (tertiary/aromatic N) is 1. The summed E-state index contributed by atoms with van der Waals surface area (Å²) in [6.07, 6.45) is 2.72. The number of hydrogen-bond acceptors (Lipinski definition) is 4. The van der Waals surface area contributed by atoms with Crippen LogP contribution in [0.5, 0.6) is 0 Å². The fraction of sp³-hybridized carbons (Fsp3) is 0.636. The van der Waals surface area contributed by atoms with Crippen LogP contribution < -0.4 is 4.72 Å². The first kappa shape index (κ1) is 14.0. The molecule has 1 fully saturated rings. The van der Waals surface area contributed by atoms with Gasteiger partial charge in [0.25, 0.3) is 10.0 Å². The Balaban J connectivity index is 2.24. The second-order valence-corrected chi connectivity index (χ2v) is 6.71. The molecule has 106 valence electrons. The lowest BCUT2D eigenvalue weighted by molar-refractivity contribution is 0.0692. The van der Waals surface area contributed by atoms with Crippen molar-refractivity contribution in [2.75, 3.05) is 0 Å². The van der Waals surface area contributed by atoms with Gasteiger partial charge in [-0.3, -0.25) is 5.10 Å². The summed E-state index contributed by atoms with van der Waals surface area (Å²) >= 11 is 0. The molecule has 0 bridgehead atoms. The molecule has 19 heavy (non-hydrogen) atoms. The predicted molar refractivity (Wildman–Crippen MR) is 67.2 cm³/mol. The summed E-state index contributed by atoms with van der Waals surface area (Å²) in [5.74, 6) is -0.638. The molecule has 1 aromatic heterocycles. The van der Waals surface area contributed by atoms with Crippen LogP contribution in [0.4, 0.5) is 0 Å². The molecular weight excluding hydrogens is 270 g/mol. The molecule has 2 rings (SSSR count). The lowest BCUT2D eigenvalue weighted by atomic mass is 9.98. The fourth-order valence-electron chi connectivity index (χ4n) is 2.42. The van der Waals surface area contributed by atoms with Crippen LogP contribution in [0.15, 0.2) is 11.2 Å². The van der Waals surface area contributed by atoms with Crippen LogP contribution in [-0.2, 0) is 10.0 Å². The topological polar surface area (TPSA) is 112 Å². The Kier molecular flexibility index (Phi) is 3.64. The first-order valence-electron chi connectivity index (χ1n) is 6.12.